The Morgan fingerprint density at radius 3 is 2.81 bits per heavy atom. The number of carbonyl (C=O) groups is 1. The van der Waals surface area contributed by atoms with E-state index in [1.807, 2.05) is 6.07 Å². The number of benzene rings is 1. The van der Waals surface area contributed by atoms with Crippen molar-refractivity contribution in [2.75, 3.05) is 6.61 Å². The Morgan fingerprint density at radius 2 is 2.24 bits per heavy atom. The monoisotopic (exact) mass is 291 g/mol. The highest BCUT2D eigenvalue weighted by atomic mass is 16.6. The number of ether oxygens (including phenoxy) is 1. The molecule has 21 heavy (non-hydrogen) atoms. The summed E-state index contributed by atoms with van der Waals surface area (Å²) in [5, 5.41) is 24.0. The average Bonchev–Trinajstić information content (AvgIpc) is 2.84. The molecule has 8 heteroatoms. The van der Waals surface area contributed by atoms with E-state index in [1.54, 1.807) is 17.9 Å². The molecule has 0 unspecified atom stereocenters. The van der Waals surface area contributed by atoms with Crippen LogP contribution in [0, 0.1) is 10.1 Å². The second-order valence-electron chi connectivity index (χ2n) is 4.26. The summed E-state index contributed by atoms with van der Waals surface area (Å²) in [7, 11) is 1.78. The molecule has 110 valence electrons. The first-order valence-corrected chi connectivity index (χ1v) is 6.11. The van der Waals surface area contributed by atoms with Crippen molar-refractivity contribution in [1.82, 2.24) is 9.78 Å². The topological polar surface area (TPSA) is 107 Å². The average molecular weight is 291 g/mol. The third-order valence-electron chi connectivity index (χ3n) is 2.95. The van der Waals surface area contributed by atoms with Crippen molar-refractivity contribution >= 4 is 11.7 Å². The smallest absolute Gasteiger partial charge is 0.346 e. The molecule has 1 aromatic carbocycles. The van der Waals surface area contributed by atoms with Crippen molar-refractivity contribution < 1.29 is 19.6 Å². The first-order chi connectivity index (χ1) is 10.0. The molecule has 0 fully saturated rings. The number of carboxylic acids is 1. The van der Waals surface area contributed by atoms with Crippen LogP contribution >= 0.6 is 0 Å². The van der Waals surface area contributed by atoms with Crippen LogP contribution in [0.15, 0.2) is 30.5 Å². The van der Waals surface area contributed by atoms with Crippen molar-refractivity contribution in [3.05, 3.63) is 51.8 Å². The quantitative estimate of drug-likeness (QED) is 0.640. The number of aromatic nitrogens is 2. The molecule has 0 aliphatic heterocycles. The summed E-state index contributed by atoms with van der Waals surface area (Å²) in [6.07, 6.45) is 2.16. The minimum absolute atomic E-state index is 0.0149. The number of rotatable bonds is 6. The predicted octanol–water partition coefficient (Wildman–Crippen LogP) is 1.65. The van der Waals surface area contributed by atoms with Crippen LogP contribution in [0.2, 0.25) is 0 Å². The van der Waals surface area contributed by atoms with Crippen molar-refractivity contribution in [2.45, 2.75) is 6.42 Å². The Kier molecular flexibility index (Phi) is 4.17. The maximum atomic E-state index is 11.2. The summed E-state index contributed by atoms with van der Waals surface area (Å²) in [4.78, 5) is 21.3. The Morgan fingerprint density at radius 1 is 1.48 bits per heavy atom. The lowest BCUT2D eigenvalue weighted by Crippen LogP contribution is -2.10. The zero-order valence-electron chi connectivity index (χ0n) is 11.2. The van der Waals surface area contributed by atoms with Crippen LogP contribution < -0.4 is 4.74 Å². The van der Waals surface area contributed by atoms with Crippen LogP contribution in [-0.2, 0) is 13.5 Å². The molecule has 0 aliphatic carbocycles. The number of hydrogen-bond acceptors (Lipinski definition) is 5. The van der Waals surface area contributed by atoms with E-state index in [0.29, 0.717) is 6.42 Å². The highest BCUT2D eigenvalue weighted by molar-refractivity contribution is 5.95. The molecule has 0 amide bonds. The summed E-state index contributed by atoms with van der Waals surface area (Å²) >= 11 is 0. The SMILES string of the molecule is Cn1nccc1CCOc1cccc([N+](=O)[O-])c1C(=O)O. The van der Waals surface area contributed by atoms with E-state index in [-0.39, 0.29) is 12.4 Å². The Hall–Kier alpha value is -2.90. The van der Waals surface area contributed by atoms with Gasteiger partial charge in [-0.25, -0.2) is 4.79 Å². The normalized spacial score (nSPS) is 10.3. The zero-order chi connectivity index (χ0) is 15.4. The molecule has 8 nitrogen and oxygen atoms in total. The van der Waals surface area contributed by atoms with Crippen LogP contribution in [-0.4, -0.2) is 32.4 Å². The standard InChI is InChI=1S/C13H13N3O5/c1-15-9(5-7-14-15)6-8-21-11-4-2-3-10(16(19)20)12(11)13(17)18/h2-5,7H,6,8H2,1H3,(H,17,18). The van der Waals surface area contributed by atoms with Crippen molar-refractivity contribution in [3.63, 3.8) is 0 Å². The van der Waals surface area contributed by atoms with Crippen LogP contribution in [0.25, 0.3) is 0 Å². The number of nitrogens with zero attached hydrogens (tertiary/aromatic N) is 3. The van der Waals surface area contributed by atoms with Gasteiger partial charge in [0, 0.05) is 31.4 Å². The summed E-state index contributed by atoms with van der Waals surface area (Å²) in [5.41, 5.74) is -0.00894. The molecule has 1 heterocycles. The van der Waals surface area contributed by atoms with Gasteiger partial charge in [0.15, 0.2) is 5.56 Å². The number of carboxylic acid groups (broad SMARTS) is 1. The highest BCUT2D eigenvalue weighted by Gasteiger charge is 2.24. The van der Waals surface area contributed by atoms with E-state index in [2.05, 4.69) is 5.10 Å². The van der Waals surface area contributed by atoms with E-state index >= 15 is 0 Å². The Balaban J connectivity index is 2.16. The Labute approximate surface area is 119 Å². The van der Waals surface area contributed by atoms with Crippen molar-refractivity contribution in [1.29, 1.82) is 0 Å². The molecule has 2 rings (SSSR count). The molecular formula is C13H13N3O5. The zero-order valence-corrected chi connectivity index (χ0v) is 11.2. The van der Waals surface area contributed by atoms with Crippen molar-refractivity contribution in [3.8, 4) is 5.75 Å². The molecule has 0 aliphatic rings. The summed E-state index contributed by atoms with van der Waals surface area (Å²) in [6, 6.07) is 5.75. The number of aryl methyl sites for hydroxylation is 1. The number of hydrogen-bond donors (Lipinski definition) is 1. The van der Waals surface area contributed by atoms with Gasteiger partial charge in [-0.2, -0.15) is 5.10 Å². The van der Waals surface area contributed by atoms with Crippen LogP contribution in [0.3, 0.4) is 0 Å². The predicted molar refractivity (Wildman–Crippen MR) is 72.5 cm³/mol. The van der Waals surface area contributed by atoms with E-state index in [9.17, 15) is 14.9 Å². The molecule has 1 aromatic heterocycles. The third-order valence-corrected chi connectivity index (χ3v) is 2.95. The van der Waals surface area contributed by atoms with Gasteiger partial charge in [0.25, 0.3) is 5.69 Å². The summed E-state index contributed by atoms with van der Waals surface area (Å²) < 4.78 is 7.07. The number of nitro groups is 1. The molecule has 0 saturated carbocycles. The van der Waals surface area contributed by atoms with Gasteiger partial charge in [-0.05, 0) is 12.1 Å². The van der Waals surface area contributed by atoms with Crippen LogP contribution in [0.5, 0.6) is 5.75 Å². The first kappa shape index (κ1) is 14.5. The fourth-order valence-corrected chi connectivity index (χ4v) is 1.92. The number of aromatic carboxylic acids is 1. The van der Waals surface area contributed by atoms with Gasteiger partial charge < -0.3 is 9.84 Å². The van der Waals surface area contributed by atoms with Gasteiger partial charge in [0.1, 0.15) is 5.75 Å². The van der Waals surface area contributed by atoms with Crippen LogP contribution in [0.1, 0.15) is 16.1 Å². The second-order valence-corrected chi connectivity index (χ2v) is 4.26. The summed E-state index contributed by atoms with van der Waals surface area (Å²) in [6.45, 7) is 0.195. The maximum absolute atomic E-state index is 11.2. The molecule has 2 aromatic rings. The molecule has 0 saturated heterocycles. The fourth-order valence-electron chi connectivity index (χ4n) is 1.92. The lowest BCUT2D eigenvalue weighted by Gasteiger charge is -2.09. The fraction of sp³-hybridized carbons (Fsp3) is 0.231. The highest BCUT2D eigenvalue weighted by Crippen LogP contribution is 2.28. The van der Waals surface area contributed by atoms with E-state index in [1.165, 1.54) is 12.1 Å². The molecule has 0 atom stereocenters. The third kappa shape index (κ3) is 3.16. The van der Waals surface area contributed by atoms with Crippen molar-refractivity contribution in [2.24, 2.45) is 7.05 Å². The van der Waals surface area contributed by atoms with E-state index in [0.717, 1.165) is 11.8 Å². The molecule has 0 spiro atoms. The maximum Gasteiger partial charge on any atom is 0.346 e. The summed E-state index contributed by atoms with van der Waals surface area (Å²) in [5.74, 6) is -1.41. The minimum atomic E-state index is -1.39. The molecule has 0 bridgehead atoms. The minimum Gasteiger partial charge on any atom is -0.492 e. The lowest BCUT2D eigenvalue weighted by atomic mass is 10.1. The second kappa shape index (κ2) is 6.04. The van der Waals surface area contributed by atoms with E-state index in [4.69, 9.17) is 9.84 Å². The number of nitro benzene ring substituents is 1. The molecule has 1 N–H and O–H groups in total. The van der Waals surface area contributed by atoms with E-state index < -0.39 is 22.1 Å². The van der Waals surface area contributed by atoms with Gasteiger partial charge in [0.05, 0.1) is 11.5 Å². The molecule has 0 radical (unpaired) electrons. The molecular weight excluding hydrogens is 278 g/mol. The lowest BCUT2D eigenvalue weighted by molar-refractivity contribution is -0.385. The van der Waals surface area contributed by atoms with Gasteiger partial charge in [0.2, 0.25) is 0 Å². The van der Waals surface area contributed by atoms with Gasteiger partial charge in [-0.15, -0.1) is 0 Å². The van der Waals surface area contributed by atoms with Gasteiger partial charge in [-0.1, -0.05) is 6.07 Å². The first-order valence-electron chi connectivity index (χ1n) is 6.11. The largest absolute Gasteiger partial charge is 0.492 e. The Bertz CT molecular complexity index is 680. The van der Waals surface area contributed by atoms with Crippen LogP contribution in [0.4, 0.5) is 5.69 Å². The van der Waals surface area contributed by atoms with Gasteiger partial charge in [-0.3, -0.25) is 14.8 Å². The van der Waals surface area contributed by atoms with Gasteiger partial charge >= 0.3 is 5.97 Å².